The van der Waals surface area contributed by atoms with Crippen molar-refractivity contribution in [2.45, 2.75) is 12.5 Å². The van der Waals surface area contributed by atoms with Gasteiger partial charge in [-0.05, 0) is 46.7 Å². The number of halogens is 1. The average molecular weight is 321 g/mol. The standard InChI is InChI=1S/C10H12INO3/c11-8-3-1-2-7(4-8)5-9(6-13)12-10(14)15/h1-4,9,12-13H,5-6H2,(H,14,15)/t9-/m0/s1. The molecule has 0 fully saturated rings. The molecule has 1 amide bonds. The Morgan fingerprint density at radius 1 is 1.53 bits per heavy atom. The van der Waals surface area contributed by atoms with Gasteiger partial charge in [0.2, 0.25) is 0 Å². The monoisotopic (exact) mass is 321 g/mol. The zero-order chi connectivity index (χ0) is 11.3. The van der Waals surface area contributed by atoms with Crippen molar-refractivity contribution in [3.05, 3.63) is 33.4 Å². The minimum absolute atomic E-state index is 0.197. The maximum Gasteiger partial charge on any atom is 0.404 e. The Morgan fingerprint density at radius 3 is 2.80 bits per heavy atom. The van der Waals surface area contributed by atoms with E-state index >= 15 is 0 Å². The molecule has 0 heterocycles. The van der Waals surface area contributed by atoms with Gasteiger partial charge in [-0.3, -0.25) is 0 Å². The Balaban J connectivity index is 2.62. The molecule has 3 N–H and O–H groups in total. The predicted molar refractivity (Wildman–Crippen MR) is 64.9 cm³/mol. The van der Waals surface area contributed by atoms with Crippen molar-refractivity contribution in [3.8, 4) is 0 Å². The van der Waals surface area contributed by atoms with Crippen LogP contribution in [0, 0.1) is 3.57 Å². The lowest BCUT2D eigenvalue weighted by atomic mass is 10.1. The summed E-state index contributed by atoms with van der Waals surface area (Å²) < 4.78 is 1.09. The summed E-state index contributed by atoms with van der Waals surface area (Å²) in [6.07, 6.45) is -0.612. The van der Waals surface area contributed by atoms with Crippen molar-refractivity contribution in [2.24, 2.45) is 0 Å². The number of hydrogen-bond acceptors (Lipinski definition) is 2. The molecular formula is C10H12INO3. The van der Waals surface area contributed by atoms with Crippen LogP contribution in [0.25, 0.3) is 0 Å². The van der Waals surface area contributed by atoms with E-state index in [-0.39, 0.29) is 6.61 Å². The molecule has 1 atom stereocenters. The van der Waals surface area contributed by atoms with Crippen LogP contribution in [0.3, 0.4) is 0 Å². The second-order valence-corrected chi connectivity index (χ2v) is 4.41. The van der Waals surface area contributed by atoms with Crippen molar-refractivity contribution in [3.63, 3.8) is 0 Å². The smallest absolute Gasteiger partial charge is 0.404 e. The van der Waals surface area contributed by atoms with E-state index in [0.29, 0.717) is 6.42 Å². The third kappa shape index (κ3) is 4.48. The van der Waals surface area contributed by atoms with Gasteiger partial charge in [0.05, 0.1) is 12.6 Å². The van der Waals surface area contributed by atoms with Gasteiger partial charge in [0.15, 0.2) is 0 Å². The quantitative estimate of drug-likeness (QED) is 0.736. The van der Waals surface area contributed by atoms with Gasteiger partial charge < -0.3 is 15.5 Å². The fourth-order valence-electron chi connectivity index (χ4n) is 1.28. The Bertz CT molecular complexity index is 343. The van der Waals surface area contributed by atoms with E-state index in [9.17, 15) is 4.79 Å². The first-order valence-corrected chi connectivity index (χ1v) is 5.54. The summed E-state index contributed by atoms with van der Waals surface area (Å²) in [5, 5.41) is 19.8. The molecule has 0 spiro atoms. The molecule has 0 aliphatic rings. The topological polar surface area (TPSA) is 69.6 Å². The number of amides is 1. The highest BCUT2D eigenvalue weighted by atomic mass is 127. The Hall–Kier alpha value is -0.820. The van der Waals surface area contributed by atoms with Crippen LogP contribution in [0.5, 0.6) is 0 Å². The molecule has 0 bridgehead atoms. The highest BCUT2D eigenvalue weighted by Crippen LogP contribution is 2.09. The molecule has 0 saturated heterocycles. The minimum Gasteiger partial charge on any atom is -0.465 e. The zero-order valence-corrected chi connectivity index (χ0v) is 10.1. The molecule has 0 unspecified atom stereocenters. The van der Waals surface area contributed by atoms with Gasteiger partial charge in [-0.2, -0.15) is 0 Å². The molecule has 0 aromatic heterocycles. The molecule has 4 nitrogen and oxygen atoms in total. The first-order chi connectivity index (χ1) is 7.11. The third-order valence-electron chi connectivity index (χ3n) is 1.92. The molecular weight excluding hydrogens is 309 g/mol. The van der Waals surface area contributed by atoms with Crippen molar-refractivity contribution in [2.75, 3.05) is 6.61 Å². The normalized spacial score (nSPS) is 12.1. The highest BCUT2D eigenvalue weighted by Gasteiger charge is 2.10. The zero-order valence-electron chi connectivity index (χ0n) is 7.98. The average Bonchev–Trinajstić information content (AvgIpc) is 2.16. The molecule has 0 aliphatic heterocycles. The first-order valence-electron chi connectivity index (χ1n) is 4.46. The summed E-state index contributed by atoms with van der Waals surface area (Å²) in [7, 11) is 0. The van der Waals surface area contributed by atoms with E-state index in [1.54, 1.807) is 0 Å². The van der Waals surface area contributed by atoms with E-state index in [1.165, 1.54) is 0 Å². The molecule has 1 rings (SSSR count). The van der Waals surface area contributed by atoms with E-state index in [0.717, 1.165) is 9.13 Å². The molecule has 82 valence electrons. The summed E-state index contributed by atoms with van der Waals surface area (Å²) in [4.78, 5) is 10.4. The SMILES string of the molecule is O=C(O)N[C@H](CO)Cc1cccc(I)c1. The lowest BCUT2D eigenvalue weighted by Crippen LogP contribution is -2.38. The maximum atomic E-state index is 10.4. The largest absolute Gasteiger partial charge is 0.465 e. The van der Waals surface area contributed by atoms with E-state index in [4.69, 9.17) is 10.2 Å². The molecule has 0 saturated carbocycles. The van der Waals surface area contributed by atoms with Gasteiger partial charge >= 0.3 is 6.09 Å². The lowest BCUT2D eigenvalue weighted by Gasteiger charge is -2.13. The van der Waals surface area contributed by atoms with Crippen LogP contribution in [0.15, 0.2) is 24.3 Å². The first kappa shape index (κ1) is 12.3. The van der Waals surface area contributed by atoms with Crippen molar-refractivity contribution >= 4 is 28.7 Å². The van der Waals surface area contributed by atoms with Crippen LogP contribution >= 0.6 is 22.6 Å². The summed E-state index contributed by atoms with van der Waals surface area (Å²) >= 11 is 2.19. The van der Waals surface area contributed by atoms with Crippen LogP contribution in [0.2, 0.25) is 0 Å². The van der Waals surface area contributed by atoms with E-state index in [1.807, 2.05) is 24.3 Å². The Kier molecular flexibility index (Phi) is 4.83. The Labute approximate surface area is 101 Å². The second kappa shape index (κ2) is 5.92. The van der Waals surface area contributed by atoms with Gasteiger partial charge in [-0.1, -0.05) is 12.1 Å². The summed E-state index contributed by atoms with van der Waals surface area (Å²) in [6, 6.07) is 7.30. The number of hydrogen-bond donors (Lipinski definition) is 3. The van der Waals surface area contributed by atoms with Gasteiger partial charge in [0, 0.05) is 3.57 Å². The third-order valence-corrected chi connectivity index (χ3v) is 2.59. The Morgan fingerprint density at radius 2 is 2.27 bits per heavy atom. The summed E-state index contributed by atoms with van der Waals surface area (Å²) in [5.41, 5.74) is 1.01. The maximum absolute atomic E-state index is 10.4. The van der Waals surface area contributed by atoms with Gasteiger partial charge in [0.25, 0.3) is 0 Å². The lowest BCUT2D eigenvalue weighted by molar-refractivity contribution is 0.177. The number of rotatable bonds is 4. The summed E-state index contributed by atoms with van der Waals surface area (Å²) in [6.45, 7) is -0.197. The second-order valence-electron chi connectivity index (χ2n) is 3.16. The van der Waals surface area contributed by atoms with Crippen molar-refractivity contribution in [1.82, 2.24) is 5.32 Å². The molecule has 5 heteroatoms. The number of carboxylic acid groups (broad SMARTS) is 1. The number of aliphatic hydroxyl groups is 1. The van der Waals surface area contributed by atoms with E-state index in [2.05, 4.69) is 27.9 Å². The molecule has 0 aliphatic carbocycles. The summed E-state index contributed by atoms with van der Waals surface area (Å²) in [5.74, 6) is 0. The van der Waals surface area contributed by atoms with Crippen molar-refractivity contribution in [1.29, 1.82) is 0 Å². The predicted octanol–water partition coefficient (Wildman–Crippen LogP) is 1.46. The highest BCUT2D eigenvalue weighted by molar-refractivity contribution is 14.1. The molecule has 1 aromatic carbocycles. The van der Waals surface area contributed by atoms with Crippen LogP contribution in [0.4, 0.5) is 4.79 Å². The fraction of sp³-hybridized carbons (Fsp3) is 0.300. The van der Waals surface area contributed by atoms with Crippen molar-refractivity contribution < 1.29 is 15.0 Å². The number of carbonyl (C=O) groups is 1. The van der Waals surface area contributed by atoms with Crippen LogP contribution < -0.4 is 5.32 Å². The fourth-order valence-corrected chi connectivity index (χ4v) is 1.89. The van der Waals surface area contributed by atoms with Gasteiger partial charge in [0.1, 0.15) is 0 Å². The van der Waals surface area contributed by atoms with Crippen LogP contribution in [0.1, 0.15) is 5.56 Å². The van der Waals surface area contributed by atoms with Gasteiger partial charge in [-0.15, -0.1) is 0 Å². The number of aliphatic hydroxyl groups excluding tert-OH is 1. The van der Waals surface area contributed by atoms with Gasteiger partial charge in [-0.25, -0.2) is 4.79 Å². The number of benzene rings is 1. The molecule has 1 aromatic rings. The molecule has 0 radical (unpaired) electrons. The number of nitrogens with one attached hydrogen (secondary N) is 1. The minimum atomic E-state index is -1.11. The van der Waals surface area contributed by atoms with Crippen LogP contribution in [-0.4, -0.2) is 29.0 Å². The van der Waals surface area contributed by atoms with E-state index < -0.39 is 12.1 Å². The van der Waals surface area contributed by atoms with Crippen LogP contribution in [-0.2, 0) is 6.42 Å². The molecule has 15 heavy (non-hydrogen) atoms.